The van der Waals surface area contributed by atoms with Crippen LogP contribution in [0.25, 0.3) is 0 Å². The number of halogens is 1. The molecular formula is C12H26ClN. The van der Waals surface area contributed by atoms with Crippen LogP contribution in [0.5, 0.6) is 0 Å². The van der Waals surface area contributed by atoms with Crippen LogP contribution in [-0.2, 0) is 0 Å². The molecule has 0 spiro atoms. The fourth-order valence-corrected chi connectivity index (χ4v) is 1.62. The average Bonchev–Trinajstić information content (AvgIpc) is 2.15. The number of hydrogen-bond donors (Lipinski definition) is 1. The highest BCUT2D eigenvalue weighted by Crippen LogP contribution is 2.06. The molecule has 0 radical (unpaired) electrons. The Kier molecular flexibility index (Phi) is 11.5. The van der Waals surface area contributed by atoms with Crippen molar-refractivity contribution in [2.45, 2.75) is 64.2 Å². The molecule has 1 unspecified atom stereocenters. The summed E-state index contributed by atoms with van der Waals surface area (Å²) >= 11 is 5.81. The highest BCUT2D eigenvalue weighted by molar-refractivity contribution is 6.20. The highest BCUT2D eigenvalue weighted by Gasteiger charge is 1.94. The van der Waals surface area contributed by atoms with Crippen molar-refractivity contribution >= 4 is 11.6 Å². The molecule has 0 aromatic rings. The predicted molar refractivity (Wildman–Crippen MR) is 66.2 cm³/mol. The Morgan fingerprint density at radius 3 is 2.14 bits per heavy atom. The van der Waals surface area contributed by atoms with Crippen molar-refractivity contribution in [3.8, 4) is 0 Å². The van der Waals surface area contributed by atoms with E-state index in [4.69, 9.17) is 11.6 Å². The Balaban J connectivity index is 2.85. The standard InChI is InChI=1S/C12H26ClN/c1-3-4-5-6-7-8-9-10-14-11-12(2)13/h12,14H,3-11H2,1-2H3. The quantitative estimate of drug-likeness (QED) is 0.433. The minimum atomic E-state index is 0.263. The van der Waals surface area contributed by atoms with Gasteiger partial charge < -0.3 is 5.32 Å². The summed E-state index contributed by atoms with van der Waals surface area (Å²) in [5.41, 5.74) is 0. The smallest absolute Gasteiger partial charge is 0.0432 e. The largest absolute Gasteiger partial charge is 0.315 e. The van der Waals surface area contributed by atoms with E-state index in [1.165, 1.54) is 44.9 Å². The lowest BCUT2D eigenvalue weighted by Crippen LogP contribution is -2.22. The van der Waals surface area contributed by atoms with E-state index in [1.54, 1.807) is 0 Å². The van der Waals surface area contributed by atoms with Gasteiger partial charge in [0.05, 0.1) is 0 Å². The van der Waals surface area contributed by atoms with Gasteiger partial charge in [-0.3, -0.25) is 0 Å². The second-order valence-electron chi connectivity index (χ2n) is 4.11. The second kappa shape index (κ2) is 11.3. The molecule has 0 heterocycles. The van der Waals surface area contributed by atoms with Crippen LogP contribution in [0.1, 0.15) is 58.8 Å². The van der Waals surface area contributed by atoms with Crippen molar-refractivity contribution in [1.82, 2.24) is 5.32 Å². The van der Waals surface area contributed by atoms with E-state index in [-0.39, 0.29) is 5.38 Å². The lowest BCUT2D eigenvalue weighted by Gasteiger charge is -2.05. The SMILES string of the molecule is CCCCCCCCCNCC(C)Cl. The van der Waals surface area contributed by atoms with Crippen molar-refractivity contribution in [3.63, 3.8) is 0 Å². The molecule has 0 bridgehead atoms. The minimum Gasteiger partial charge on any atom is -0.315 e. The summed E-state index contributed by atoms with van der Waals surface area (Å²) in [6, 6.07) is 0. The van der Waals surface area contributed by atoms with Crippen LogP contribution in [0, 0.1) is 0 Å². The summed E-state index contributed by atoms with van der Waals surface area (Å²) in [5, 5.41) is 3.62. The summed E-state index contributed by atoms with van der Waals surface area (Å²) in [5.74, 6) is 0. The van der Waals surface area contributed by atoms with Gasteiger partial charge in [0.15, 0.2) is 0 Å². The number of unbranched alkanes of at least 4 members (excludes halogenated alkanes) is 6. The van der Waals surface area contributed by atoms with Crippen molar-refractivity contribution < 1.29 is 0 Å². The molecule has 1 nitrogen and oxygen atoms in total. The molecule has 0 rings (SSSR count). The first-order valence-corrected chi connectivity index (χ1v) is 6.55. The van der Waals surface area contributed by atoms with Crippen LogP contribution in [0.3, 0.4) is 0 Å². The van der Waals surface area contributed by atoms with E-state index in [2.05, 4.69) is 12.2 Å². The first-order chi connectivity index (χ1) is 6.77. The topological polar surface area (TPSA) is 12.0 Å². The molecule has 0 aromatic heterocycles. The summed E-state index contributed by atoms with van der Waals surface area (Å²) < 4.78 is 0. The number of hydrogen-bond acceptors (Lipinski definition) is 1. The molecule has 1 atom stereocenters. The second-order valence-corrected chi connectivity index (χ2v) is 4.85. The Bertz CT molecular complexity index is 104. The maximum atomic E-state index is 5.81. The van der Waals surface area contributed by atoms with Gasteiger partial charge in [-0.2, -0.15) is 0 Å². The zero-order valence-electron chi connectivity index (χ0n) is 9.82. The summed E-state index contributed by atoms with van der Waals surface area (Å²) in [6.07, 6.45) is 9.65. The molecule has 0 fully saturated rings. The Labute approximate surface area is 94.6 Å². The van der Waals surface area contributed by atoms with Crippen LogP contribution in [0.15, 0.2) is 0 Å². The molecule has 0 aliphatic rings. The fourth-order valence-electron chi connectivity index (χ4n) is 1.51. The normalized spacial score (nSPS) is 13.1. The van der Waals surface area contributed by atoms with Gasteiger partial charge in [-0.15, -0.1) is 11.6 Å². The molecule has 0 amide bonds. The Morgan fingerprint density at radius 1 is 1.00 bits per heavy atom. The molecule has 0 aliphatic heterocycles. The highest BCUT2D eigenvalue weighted by atomic mass is 35.5. The lowest BCUT2D eigenvalue weighted by molar-refractivity contribution is 0.562. The molecule has 0 saturated heterocycles. The molecule has 0 aliphatic carbocycles. The lowest BCUT2D eigenvalue weighted by atomic mass is 10.1. The van der Waals surface area contributed by atoms with Crippen molar-refractivity contribution in [1.29, 1.82) is 0 Å². The van der Waals surface area contributed by atoms with E-state index in [1.807, 2.05) is 6.92 Å². The van der Waals surface area contributed by atoms with Crippen molar-refractivity contribution in [2.24, 2.45) is 0 Å². The molecule has 14 heavy (non-hydrogen) atoms. The molecule has 86 valence electrons. The van der Waals surface area contributed by atoms with E-state index >= 15 is 0 Å². The van der Waals surface area contributed by atoms with Crippen molar-refractivity contribution in [3.05, 3.63) is 0 Å². The van der Waals surface area contributed by atoms with E-state index < -0.39 is 0 Å². The van der Waals surface area contributed by atoms with Gasteiger partial charge in [0.1, 0.15) is 0 Å². The predicted octanol–water partition coefficient (Wildman–Crippen LogP) is 3.95. The summed E-state index contributed by atoms with van der Waals surface area (Å²) in [4.78, 5) is 0. The average molecular weight is 220 g/mol. The maximum Gasteiger partial charge on any atom is 0.0432 e. The van der Waals surface area contributed by atoms with E-state index in [0.29, 0.717) is 0 Å². The first kappa shape index (κ1) is 14.2. The third-order valence-corrected chi connectivity index (χ3v) is 2.54. The monoisotopic (exact) mass is 219 g/mol. The van der Waals surface area contributed by atoms with Crippen LogP contribution >= 0.6 is 11.6 Å². The summed E-state index contributed by atoms with van der Waals surface area (Å²) in [6.45, 7) is 6.36. The van der Waals surface area contributed by atoms with Gasteiger partial charge in [-0.25, -0.2) is 0 Å². The Hall–Kier alpha value is 0.250. The van der Waals surface area contributed by atoms with Crippen LogP contribution in [0.4, 0.5) is 0 Å². The number of nitrogens with one attached hydrogen (secondary N) is 1. The van der Waals surface area contributed by atoms with Crippen LogP contribution < -0.4 is 5.32 Å². The van der Waals surface area contributed by atoms with Gasteiger partial charge >= 0.3 is 0 Å². The van der Waals surface area contributed by atoms with Crippen molar-refractivity contribution in [2.75, 3.05) is 13.1 Å². The number of rotatable bonds is 10. The van der Waals surface area contributed by atoms with Gasteiger partial charge in [-0.05, 0) is 19.9 Å². The van der Waals surface area contributed by atoms with Gasteiger partial charge in [0.2, 0.25) is 0 Å². The fraction of sp³-hybridized carbons (Fsp3) is 1.00. The summed E-state index contributed by atoms with van der Waals surface area (Å²) in [7, 11) is 0. The van der Waals surface area contributed by atoms with Gasteiger partial charge in [0, 0.05) is 11.9 Å². The molecule has 2 heteroatoms. The third-order valence-electron chi connectivity index (χ3n) is 2.38. The first-order valence-electron chi connectivity index (χ1n) is 6.12. The Morgan fingerprint density at radius 2 is 1.57 bits per heavy atom. The molecular weight excluding hydrogens is 194 g/mol. The third kappa shape index (κ3) is 12.2. The van der Waals surface area contributed by atoms with E-state index in [9.17, 15) is 0 Å². The molecule has 0 aromatic carbocycles. The van der Waals surface area contributed by atoms with Gasteiger partial charge in [-0.1, -0.05) is 45.4 Å². The maximum absolute atomic E-state index is 5.81. The zero-order chi connectivity index (χ0) is 10.6. The van der Waals surface area contributed by atoms with Crippen LogP contribution in [0.2, 0.25) is 0 Å². The zero-order valence-corrected chi connectivity index (χ0v) is 10.6. The molecule has 0 saturated carbocycles. The minimum absolute atomic E-state index is 0.263. The molecule has 1 N–H and O–H groups in total. The van der Waals surface area contributed by atoms with Gasteiger partial charge in [0.25, 0.3) is 0 Å². The number of alkyl halides is 1. The van der Waals surface area contributed by atoms with E-state index in [0.717, 1.165) is 13.1 Å². The van der Waals surface area contributed by atoms with Crippen LogP contribution in [-0.4, -0.2) is 18.5 Å².